The van der Waals surface area contributed by atoms with Crippen LogP contribution in [0.5, 0.6) is 5.88 Å². The molecule has 0 aliphatic carbocycles. The minimum absolute atomic E-state index is 0.178. The molecule has 2 aromatic heterocycles. The van der Waals surface area contributed by atoms with Crippen LogP contribution >= 0.6 is 11.3 Å². The zero-order chi connectivity index (χ0) is 14.2. The van der Waals surface area contributed by atoms with Gasteiger partial charge in [-0.15, -0.1) is 11.3 Å². The fourth-order valence-electron chi connectivity index (χ4n) is 1.53. The Labute approximate surface area is 121 Å². The first-order chi connectivity index (χ1) is 9.83. The first kappa shape index (κ1) is 14.4. The molecule has 2 heterocycles. The Balaban J connectivity index is 0.000000151. The molecule has 0 bridgehead atoms. The summed E-state index contributed by atoms with van der Waals surface area (Å²) >= 11 is 1.66. The molecule has 3 rings (SSSR count). The molecule has 0 aliphatic heterocycles. The van der Waals surface area contributed by atoms with Gasteiger partial charge in [0.2, 0.25) is 5.88 Å². The van der Waals surface area contributed by atoms with Crippen LogP contribution in [0.25, 0.3) is 10.2 Å². The molecule has 4 N–H and O–H groups in total. The largest absolute Gasteiger partial charge is 0.462 e. The second-order valence-electron chi connectivity index (χ2n) is 3.76. The number of nitrogens with two attached hydrogens (primary N) is 2. The Kier molecular flexibility index (Phi) is 5.43. The molecule has 0 amide bonds. The van der Waals surface area contributed by atoms with Crippen LogP contribution in [0.4, 0.5) is 0 Å². The van der Waals surface area contributed by atoms with E-state index in [9.17, 15) is 0 Å². The number of hydrogen-bond acceptors (Lipinski definition) is 6. The smallest absolute Gasteiger partial charge is 0.214 e. The summed E-state index contributed by atoms with van der Waals surface area (Å²) in [5.41, 5.74) is 11.6. The maximum atomic E-state index is 5.46. The van der Waals surface area contributed by atoms with Crippen LogP contribution in [-0.2, 0) is 6.54 Å². The number of hydrogen-bond donors (Lipinski definition) is 2. The van der Waals surface area contributed by atoms with Crippen molar-refractivity contribution in [3.05, 3.63) is 53.7 Å². The second kappa shape index (κ2) is 7.54. The lowest BCUT2D eigenvalue weighted by atomic mass is 10.3. The van der Waals surface area contributed by atoms with Crippen molar-refractivity contribution in [3.63, 3.8) is 0 Å². The number of benzene rings is 1. The van der Waals surface area contributed by atoms with Gasteiger partial charge in [0.05, 0.1) is 10.2 Å². The number of rotatable bonds is 3. The lowest BCUT2D eigenvalue weighted by Gasteiger charge is -1.97. The number of para-hydroxylation sites is 1. The van der Waals surface area contributed by atoms with Crippen LogP contribution in [0.3, 0.4) is 0 Å². The molecule has 0 fully saturated rings. The van der Waals surface area contributed by atoms with E-state index in [1.54, 1.807) is 23.6 Å². The molecule has 0 aliphatic rings. The highest BCUT2D eigenvalue weighted by Gasteiger charge is 1.98. The van der Waals surface area contributed by atoms with Gasteiger partial charge in [-0.3, -0.25) is 5.73 Å². The monoisotopic (exact) mass is 288 g/mol. The molecule has 5 nitrogen and oxygen atoms in total. The number of pyridine rings is 1. The number of ether oxygens (including phenoxy) is 1. The van der Waals surface area contributed by atoms with Crippen molar-refractivity contribution < 1.29 is 4.74 Å². The topological polar surface area (TPSA) is 87.0 Å². The van der Waals surface area contributed by atoms with Crippen LogP contribution in [0.2, 0.25) is 0 Å². The molecule has 3 aromatic rings. The minimum Gasteiger partial charge on any atom is -0.462 e. The Hall–Kier alpha value is -2.02. The number of thiazole rings is 1. The maximum Gasteiger partial charge on any atom is 0.214 e. The SMILES string of the molecule is NCOc1ccccn1.NCc1nc2ccccc2s1. The van der Waals surface area contributed by atoms with E-state index in [1.165, 1.54) is 4.70 Å². The summed E-state index contributed by atoms with van der Waals surface area (Å²) in [6, 6.07) is 13.5. The van der Waals surface area contributed by atoms with Gasteiger partial charge in [0.25, 0.3) is 0 Å². The van der Waals surface area contributed by atoms with Crippen molar-refractivity contribution in [2.75, 3.05) is 6.73 Å². The van der Waals surface area contributed by atoms with Gasteiger partial charge in [-0.25, -0.2) is 9.97 Å². The number of fused-ring (bicyclic) bond motifs is 1. The molecule has 0 unspecified atom stereocenters. The molecule has 0 atom stereocenters. The zero-order valence-electron chi connectivity index (χ0n) is 10.9. The van der Waals surface area contributed by atoms with Crippen LogP contribution in [0.15, 0.2) is 48.7 Å². The lowest BCUT2D eigenvalue weighted by molar-refractivity contribution is 0.317. The fourth-order valence-corrected chi connectivity index (χ4v) is 2.37. The summed E-state index contributed by atoms with van der Waals surface area (Å²) in [6.45, 7) is 0.719. The average Bonchev–Trinajstić information content (AvgIpc) is 2.92. The van der Waals surface area contributed by atoms with E-state index in [0.29, 0.717) is 12.4 Å². The average molecular weight is 288 g/mol. The van der Waals surface area contributed by atoms with Crippen molar-refractivity contribution >= 4 is 21.6 Å². The predicted octanol–water partition coefficient (Wildman–Crippen LogP) is 2.13. The molecule has 104 valence electrons. The molecule has 20 heavy (non-hydrogen) atoms. The molecule has 0 saturated heterocycles. The van der Waals surface area contributed by atoms with E-state index in [-0.39, 0.29) is 6.73 Å². The lowest BCUT2D eigenvalue weighted by Crippen LogP contribution is -2.07. The van der Waals surface area contributed by atoms with Gasteiger partial charge in [-0.2, -0.15) is 0 Å². The summed E-state index contributed by atoms with van der Waals surface area (Å²) in [7, 11) is 0. The molecule has 6 heteroatoms. The van der Waals surface area contributed by atoms with Gasteiger partial charge in [-0.1, -0.05) is 18.2 Å². The van der Waals surface area contributed by atoms with Crippen molar-refractivity contribution in [3.8, 4) is 5.88 Å². The van der Waals surface area contributed by atoms with Gasteiger partial charge >= 0.3 is 0 Å². The van der Waals surface area contributed by atoms with Crippen LogP contribution < -0.4 is 16.2 Å². The van der Waals surface area contributed by atoms with Crippen LogP contribution in [-0.4, -0.2) is 16.7 Å². The van der Waals surface area contributed by atoms with E-state index in [4.69, 9.17) is 16.2 Å². The van der Waals surface area contributed by atoms with Gasteiger partial charge < -0.3 is 10.5 Å². The fraction of sp³-hybridized carbons (Fsp3) is 0.143. The van der Waals surface area contributed by atoms with E-state index >= 15 is 0 Å². The quantitative estimate of drug-likeness (QED) is 0.721. The Morgan fingerprint density at radius 1 is 1.05 bits per heavy atom. The summed E-state index contributed by atoms with van der Waals surface area (Å²) in [4.78, 5) is 8.19. The molecule has 1 aromatic carbocycles. The third-order valence-corrected chi connectivity index (χ3v) is 3.44. The highest BCUT2D eigenvalue weighted by Crippen LogP contribution is 2.20. The van der Waals surface area contributed by atoms with Gasteiger partial charge in [0, 0.05) is 18.8 Å². The number of nitrogens with zero attached hydrogens (tertiary/aromatic N) is 2. The second-order valence-corrected chi connectivity index (χ2v) is 4.87. The van der Waals surface area contributed by atoms with Crippen LogP contribution in [0, 0.1) is 0 Å². The summed E-state index contributed by atoms with van der Waals surface area (Å²) in [6.07, 6.45) is 1.66. The van der Waals surface area contributed by atoms with Crippen molar-refractivity contribution in [1.29, 1.82) is 0 Å². The predicted molar refractivity (Wildman–Crippen MR) is 81.4 cm³/mol. The molecular weight excluding hydrogens is 272 g/mol. The highest BCUT2D eigenvalue weighted by atomic mass is 32.1. The van der Waals surface area contributed by atoms with Gasteiger partial charge in [-0.05, 0) is 18.2 Å². The minimum atomic E-state index is 0.178. The van der Waals surface area contributed by atoms with Crippen molar-refractivity contribution in [2.45, 2.75) is 6.54 Å². The molecule has 0 spiro atoms. The molecule has 0 radical (unpaired) electrons. The summed E-state index contributed by atoms with van der Waals surface area (Å²) < 4.78 is 6.09. The summed E-state index contributed by atoms with van der Waals surface area (Å²) in [5.74, 6) is 0.569. The maximum absolute atomic E-state index is 5.46. The Bertz CT molecular complexity index is 609. The molecular formula is C14H16N4OS. The third kappa shape index (κ3) is 3.99. The van der Waals surface area contributed by atoms with E-state index in [2.05, 4.69) is 16.0 Å². The molecule has 0 saturated carbocycles. The van der Waals surface area contributed by atoms with Crippen LogP contribution in [0.1, 0.15) is 5.01 Å². The van der Waals surface area contributed by atoms with E-state index in [1.807, 2.05) is 30.3 Å². The zero-order valence-corrected chi connectivity index (χ0v) is 11.7. The van der Waals surface area contributed by atoms with Crippen molar-refractivity contribution in [1.82, 2.24) is 9.97 Å². The Morgan fingerprint density at radius 3 is 2.50 bits per heavy atom. The normalized spacial score (nSPS) is 9.90. The highest BCUT2D eigenvalue weighted by molar-refractivity contribution is 7.18. The number of aromatic nitrogens is 2. The van der Waals surface area contributed by atoms with E-state index < -0.39 is 0 Å². The van der Waals surface area contributed by atoms with Gasteiger partial charge in [0.1, 0.15) is 11.7 Å². The first-order valence-corrected chi connectivity index (χ1v) is 6.93. The first-order valence-electron chi connectivity index (χ1n) is 6.12. The summed E-state index contributed by atoms with van der Waals surface area (Å²) in [5, 5.41) is 1.01. The standard InChI is InChI=1S/C8H8N2S.C6H8N2O/c9-5-8-10-6-3-1-2-4-7(6)11-8;7-5-9-6-3-1-2-4-8-6/h1-4H,5,9H2;1-4H,5,7H2. The van der Waals surface area contributed by atoms with Gasteiger partial charge in [0.15, 0.2) is 0 Å². The van der Waals surface area contributed by atoms with Crippen molar-refractivity contribution in [2.24, 2.45) is 11.5 Å². The third-order valence-electron chi connectivity index (χ3n) is 2.38. The Morgan fingerprint density at radius 2 is 1.85 bits per heavy atom. The van der Waals surface area contributed by atoms with E-state index in [0.717, 1.165) is 10.5 Å².